The molecule has 3 nitrogen and oxygen atoms in total. The molecule has 0 aliphatic heterocycles. The number of furan rings is 1. The first kappa shape index (κ1) is 11.7. The van der Waals surface area contributed by atoms with Gasteiger partial charge in [-0.2, -0.15) is 0 Å². The zero-order valence-corrected chi connectivity index (χ0v) is 9.91. The van der Waals surface area contributed by atoms with Gasteiger partial charge in [-0.3, -0.25) is 0 Å². The summed E-state index contributed by atoms with van der Waals surface area (Å²) in [5, 5.41) is 13.6. The van der Waals surface area contributed by atoms with E-state index in [-0.39, 0.29) is 0 Å². The molecule has 0 unspecified atom stereocenters. The Morgan fingerprint density at radius 2 is 2.25 bits per heavy atom. The predicted molar refractivity (Wildman–Crippen MR) is 63.0 cm³/mol. The van der Waals surface area contributed by atoms with Gasteiger partial charge in [0.1, 0.15) is 0 Å². The predicted octanol–water partition coefficient (Wildman–Crippen LogP) is 2.45. The summed E-state index contributed by atoms with van der Waals surface area (Å²) in [6.45, 7) is 2.94. The molecular formula is C13H21NO2. The van der Waals surface area contributed by atoms with Gasteiger partial charge in [-0.05, 0) is 38.2 Å². The van der Waals surface area contributed by atoms with Gasteiger partial charge in [0.2, 0.25) is 0 Å². The first-order chi connectivity index (χ1) is 7.72. The maximum Gasteiger partial charge on any atom is 0.0947 e. The molecule has 0 amide bonds. The normalized spacial score (nSPS) is 30.5. The van der Waals surface area contributed by atoms with Gasteiger partial charge in [0.25, 0.3) is 0 Å². The standard InChI is InChI=1S/C13H21NO2/c1-2-13(15)6-3-12(4-7-13)14-9-11-5-8-16-10-11/h5,8,10,12,14-15H,2-4,6-7,9H2,1H3. The third-order valence-electron chi connectivity index (χ3n) is 3.75. The lowest BCUT2D eigenvalue weighted by molar-refractivity contribution is -0.00692. The van der Waals surface area contributed by atoms with Crippen molar-refractivity contribution in [3.05, 3.63) is 24.2 Å². The van der Waals surface area contributed by atoms with Gasteiger partial charge in [-0.25, -0.2) is 0 Å². The van der Waals surface area contributed by atoms with Gasteiger partial charge >= 0.3 is 0 Å². The molecule has 0 spiro atoms. The van der Waals surface area contributed by atoms with Crippen molar-refractivity contribution in [1.29, 1.82) is 0 Å². The van der Waals surface area contributed by atoms with E-state index in [0.29, 0.717) is 6.04 Å². The van der Waals surface area contributed by atoms with E-state index in [4.69, 9.17) is 4.42 Å². The van der Waals surface area contributed by atoms with Crippen LogP contribution in [-0.4, -0.2) is 16.7 Å². The van der Waals surface area contributed by atoms with Gasteiger partial charge in [0, 0.05) is 18.2 Å². The molecule has 0 aromatic carbocycles. The molecule has 2 rings (SSSR count). The molecule has 0 atom stereocenters. The molecule has 16 heavy (non-hydrogen) atoms. The summed E-state index contributed by atoms with van der Waals surface area (Å²) >= 11 is 0. The molecule has 3 heteroatoms. The molecule has 1 aliphatic carbocycles. The molecule has 0 saturated heterocycles. The summed E-state index contributed by atoms with van der Waals surface area (Å²) in [6, 6.07) is 2.53. The zero-order chi connectivity index (χ0) is 11.4. The molecule has 1 saturated carbocycles. The second-order valence-electron chi connectivity index (χ2n) is 4.86. The molecule has 90 valence electrons. The van der Waals surface area contributed by atoms with Crippen LogP contribution in [0, 0.1) is 0 Å². The molecular weight excluding hydrogens is 202 g/mol. The van der Waals surface area contributed by atoms with Crippen LogP contribution in [0.4, 0.5) is 0 Å². The fraction of sp³-hybridized carbons (Fsp3) is 0.692. The van der Waals surface area contributed by atoms with E-state index in [1.807, 2.05) is 6.07 Å². The highest BCUT2D eigenvalue weighted by atomic mass is 16.3. The lowest BCUT2D eigenvalue weighted by Gasteiger charge is -2.35. The second-order valence-corrected chi connectivity index (χ2v) is 4.86. The van der Waals surface area contributed by atoms with Crippen LogP contribution in [0.1, 0.15) is 44.6 Å². The quantitative estimate of drug-likeness (QED) is 0.824. The Kier molecular flexibility index (Phi) is 3.66. The molecule has 1 fully saturated rings. The van der Waals surface area contributed by atoms with Crippen molar-refractivity contribution in [2.75, 3.05) is 0 Å². The third kappa shape index (κ3) is 2.86. The van der Waals surface area contributed by atoms with E-state index < -0.39 is 5.60 Å². The largest absolute Gasteiger partial charge is 0.472 e. The molecule has 1 aliphatic rings. The smallest absolute Gasteiger partial charge is 0.0947 e. The Bertz CT molecular complexity index is 300. The lowest BCUT2D eigenvalue weighted by Crippen LogP contribution is -2.40. The number of nitrogens with one attached hydrogen (secondary N) is 1. The van der Waals surface area contributed by atoms with Gasteiger partial charge in [0.05, 0.1) is 18.1 Å². The Balaban J connectivity index is 1.73. The Morgan fingerprint density at radius 3 is 2.81 bits per heavy atom. The highest BCUT2D eigenvalue weighted by Gasteiger charge is 2.30. The monoisotopic (exact) mass is 223 g/mol. The van der Waals surface area contributed by atoms with Crippen molar-refractivity contribution < 1.29 is 9.52 Å². The van der Waals surface area contributed by atoms with Crippen molar-refractivity contribution in [3.8, 4) is 0 Å². The second kappa shape index (κ2) is 5.02. The SMILES string of the molecule is CCC1(O)CCC(NCc2ccoc2)CC1. The van der Waals surface area contributed by atoms with Crippen molar-refractivity contribution in [1.82, 2.24) is 5.32 Å². The van der Waals surface area contributed by atoms with Crippen LogP contribution in [0.15, 0.2) is 23.0 Å². The lowest BCUT2D eigenvalue weighted by atomic mass is 9.80. The highest BCUT2D eigenvalue weighted by Crippen LogP contribution is 2.30. The van der Waals surface area contributed by atoms with Crippen LogP contribution in [0.3, 0.4) is 0 Å². The molecule has 1 aromatic rings. The van der Waals surface area contributed by atoms with Gasteiger partial charge < -0.3 is 14.8 Å². The maximum absolute atomic E-state index is 10.1. The number of aliphatic hydroxyl groups is 1. The summed E-state index contributed by atoms with van der Waals surface area (Å²) in [5.41, 5.74) is 0.796. The van der Waals surface area contributed by atoms with E-state index in [1.165, 1.54) is 5.56 Å². The fourth-order valence-electron chi connectivity index (χ4n) is 2.37. The molecule has 2 N–H and O–H groups in total. The molecule has 1 aromatic heterocycles. The van der Waals surface area contributed by atoms with Crippen LogP contribution >= 0.6 is 0 Å². The molecule has 0 radical (unpaired) electrons. The minimum Gasteiger partial charge on any atom is -0.472 e. The minimum atomic E-state index is -0.395. The van der Waals surface area contributed by atoms with Crippen molar-refractivity contribution >= 4 is 0 Å². The highest BCUT2D eigenvalue weighted by molar-refractivity contribution is 5.05. The summed E-state index contributed by atoms with van der Waals surface area (Å²) < 4.78 is 5.02. The van der Waals surface area contributed by atoms with Crippen molar-refractivity contribution in [3.63, 3.8) is 0 Å². The molecule has 0 bridgehead atoms. The topological polar surface area (TPSA) is 45.4 Å². The van der Waals surface area contributed by atoms with Crippen molar-refractivity contribution in [2.45, 2.75) is 57.2 Å². The van der Waals surface area contributed by atoms with Gasteiger partial charge in [0.15, 0.2) is 0 Å². The summed E-state index contributed by atoms with van der Waals surface area (Å²) in [4.78, 5) is 0. The average Bonchev–Trinajstić information content (AvgIpc) is 2.81. The van der Waals surface area contributed by atoms with Gasteiger partial charge in [-0.15, -0.1) is 0 Å². The maximum atomic E-state index is 10.1. The fourth-order valence-corrected chi connectivity index (χ4v) is 2.37. The Labute approximate surface area is 96.8 Å². The first-order valence-corrected chi connectivity index (χ1v) is 6.19. The van der Waals surface area contributed by atoms with Crippen LogP contribution in [0.2, 0.25) is 0 Å². The Hall–Kier alpha value is -0.800. The van der Waals surface area contributed by atoms with Crippen molar-refractivity contribution in [2.24, 2.45) is 0 Å². The van der Waals surface area contributed by atoms with E-state index in [0.717, 1.165) is 38.6 Å². The number of hydrogen-bond donors (Lipinski definition) is 2. The van der Waals surface area contributed by atoms with Crippen LogP contribution in [0.5, 0.6) is 0 Å². The third-order valence-corrected chi connectivity index (χ3v) is 3.75. The van der Waals surface area contributed by atoms with E-state index in [9.17, 15) is 5.11 Å². The summed E-state index contributed by atoms with van der Waals surface area (Å²) in [6.07, 6.45) is 8.34. The van der Waals surface area contributed by atoms with E-state index in [2.05, 4.69) is 12.2 Å². The summed E-state index contributed by atoms with van der Waals surface area (Å²) in [5.74, 6) is 0. The average molecular weight is 223 g/mol. The van der Waals surface area contributed by atoms with Gasteiger partial charge in [-0.1, -0.05) is 6.92 Å². The zero-order valence-electron chi connectivity index (χ0n) is 9.91. The van der Waals surface area contributed by atoms with Crippen LogP contribution in [0.25, 0.3) is 0 Å². The van der Waals surface area contributed by atoms with Crippen LogP contribution < -0.4 is 5.32 Å². The number of rotatable bonds is 4. The first-order valence-electron chi connectivity index (χ1n) is 6.19. The summed E-state index contributed by atoms with van der Waals surface area (Å²) in [7, 11) is 0. The number of hydrogen-bond acceptors (Lipinski definition) is 3. The molecule has 1 heterocycles. The van der Waals surface area contributed by atoms with E-state index >= 15 is 0 Å². The van der Waals surface area contributed by atoms with E-state index in [1.54, 1.807) is 12.5 Å². The minimum absolute atomic E-state index is 0.395. The Morgan fingerprint density at radius 1 is 1.50 bits per heavy atom. The van der Waals surface area contributed by atoms with Crippen LogP contribution in [-0.2, 0) is 6.54 Å².